The van der Waals surface area contributed by atoms with Crippen LogP contribution in [0.1, 0.15) is 38.7 Å². The van der Waals surface area contributed by atoms with Crippen LogP contribution in [0, 0.1) is 0 Å². The average molecular weight is 464 g/mol. The number of anilines is 1. The summed E-state index contributed by atoms with van der Waals surface area (Å²) < 4.78 is 11.0. The minimum absolute atomic E-state index is 0.0523. The van der Waals surface area contributed by atoms with Gasteiger partial charge in [-0.1, -0.05) is 25.7 Å². The van der Waals surface area contributed by atoms with E-state index < -0.39 is 37.7 Å². The molecule has 0 fully saturated rings. The number of carbonyl (C=O) groups excluding carboxylic acids is 2. The Morgan fingerprint density at radius 1 is 1.34 bits per heavy atom. The number of amides is 1. The molecule has 1 aliphatic heterocycles. The van der Waals surface area contributed by atoms with Crippen LogP contribution in [0.2, 0.25) is 25.7 Å². The number of carboxylic acids is 1. The van der Waals surface area contributed by atoms with Gasteiger partial charge in [-0.15, -0.1) is 0 Å². The van der Waals surface area contributed by atoms with E-state index in [0.717, 1.165) is 6.04 Å². The van der Waals surface area contributed by atoms with Gasteiger partial charge in [-0.25, -0.2) is 19.4 Å². The number of carbonyl (C=O) groups is 2. The number of allylic oxidation sites excluding steroid dienone is 1. The van der Waals surface area contributed by atoms with Gasteiger partial charge >= 0.3 is 12.1 Å². The largest absolute Gasteiger partial charge is 0.480 e. The molecule has 32 heavy (non-hydrogen) atoms. The molecule has 2 N–H and O–H groups in total. The number of carboxylic acid groups (broad SMARTS) is 1. The summed E-state index contributed by atoms with van der Waals surface area (Å²) in [5.74, 6) is 0.652. The second kappa shape index (κ2) is 10.3. The Labute approximate surface area is 189 Å². The number of aliphatic carboxylic acids is 1. The van der Waals surface area contributed by atoms with Gasteiger partial charge in [0.1, 0.15) is 35.8 Å². The van der Waals surface area contributed by atoms with Crippen molar-refractivity contribution in [2.75, 3.05) is 18.2 Å². The maximum absolute atomic E-state index is 12.1. The van der Waals surface area contributed by atoms with E-state index in [4.69, 9.17) is 9.47 Å². The maximum Gasteiger partial charge on any atom is 0.408 e. The molecule has 0 aliphatic carbocycles. The second-order valence-electron chi connectivity index (χ2n) is 10.0. The van der Waals surface area contributed by atoms with Crippen LogP contribution in [0.3, 0.4) is 0 Å². The zero-order chi connectivity index (χ0) is 24.1. The first-order valence-electron chi connectivity index (χ1n) is 10.6. The van der Waals surface area contributed by atoms with Crippen LogP contribution in [-0.2, 0) is 19.1 Å². The van der Waals surface area contributed by atoms with E-state index in [9.17, 15) is 19.5 Å². The Kier molecular flexibility index (Phi) is 8.22. The first-order valence-corrected chi connectivity index (χ1v) is 14.3. The SMILES string of the molecule is CC(C)(C)OC(=O)N[C@@H](CC1C(=C=O)N(COCC[Si](C)(C)C)c2ncccc21)C(=O)O. The lowest BCUT2D eigenvalue weighted by molar-refractivity contribution is -0.139. The highest BCUT2D eigenvalue weighted by Crippen LogP contribution is 2.43. The van der Waals surface area contributed by atoms with Crippen LogP contribution in [0.4, 0.5) is 10.6 Å². The van der Waals surface area contributed by atoms with Crippen LogP contribution < -0.4 is 10.2 Å². The fourth-order valence-electron chi connectivity index (χ4n) is 3.29. The van der Waals surface area contributed by atoms with E-state index in [0.29, 0.717) is 18.0 Å². The Morgan fingerprint density at radius 2 is 2.03 bits per heavy atom. The predicted molar refractivity (Wildman–Crippen MR) is 123 cm³/mol. The monoisotopic (exact) mass is 463 g/mol. The number of aromatic nitrogens is 1. The zero-order valence-electron chi connectivity index (χ0n) is 19.6. The fraction of sp³-hybridized carbons (Fsp3) is 0.591. The van der Waals surface area contributed by atoms with E-state index in [2.05, 4.69) is 29.9 Å². The smallest absolute Gasteiger partial charge is 0.408 e. The third kappa shape index (κ3) is 7.18. The number of nitrogens with one attached hydrogen (secondary N) is 1. The van der Waals surface area contributed by atoms with Gasteiger partial charge in [0.05, 0.1) is 0 Å². The standard InChI is InChI=1S/C22H33N3O6Si/c1-22(2,3)31-21(29)24-17(20(27)28)12-16-15-8-7-9-23-19(15)25(18(16)13-26)14-30-10-11-32(4,5)6/h7-9,16-17H,10-12,14H2,1-6H3,(H,24,29)(H,27,28)/t16?,17-/m0/s1. The molecule has 2 heterocycles. The lowest BCUT2D eigenvalue weighted by Gasteiger charge is -2.24. The van der Waals surface area contributed by atoms with Crippen LogP contribution in [-0.4, -0.2) is 61.1 Å². The molecule has 1 amide bonds. The van der Waals surface area contributed by atoms with Crippen molar-refractivity contribution in [3.8, 4) is 0 Å². The van der Waals surface area contributed by atoms with Crippen LogP contribution in [0.25, 0.3) is 0 Å². The normalized spacial score (nSPS) is 16.9. The van der Waals surface area contributed by atoms with E-state index in [1.54, 1.807) is 44.0 Å². The number of ether oxygens (including phenoxy) is 2. The second-order valence-corrected chi connectivity index (χ2v) is 15.6. The highest BCUT2D eigenvalue weighted by atomic mass is 28.3. The average Bonchev–Trinajstić information content (AvgIpc) is 2.95. The molecule has 0 saturated carbocycles. The van der Waals surface area contributed by atoms with Crippen LogP contribution >= 0.6 is 0 Å². The molecule has 1 aromatic heterocycles. The van der Waals surface area contributed by atoms with Crippen molar-refractivity contribution in [1.29, 1.82) is 0 Å². The van der Waals surface area contributed by atoms with Crippen molar-refractivity contribution >= 4 is 31.9 Å². The summed E-state index contributed by atoms with van der Waals surface area (Å²) in [6.07, 6.45) is 0.715. The van der Waals surface area contributed by atoms with Gasteiger partial charge < -0.3 is 19.9 Å². The van der Waals surface area contributed by atoms with Crippen molar-refractivity contribution in [3.05, 3.63) is 29.6 Å². The molecular formula is C22H33N3O6Si. The number of pyridine rings is 1. The Bertz CT molecular complexity index is 886. The van der Waals surface area contributed by atoms with Gasteiger partial charge in [-0.2, -0.15) is 0 Å². The minimum atomic E-state index is -1.27. The summed E-state index contributed by atoms with van der Waals surface area (Å²) in [5, 5.41) is 12.1. The number of fused-ring (bicyclic) bond motifs is 1. The first-order chi connectivity index (χ1) is 14.8. The summed E-state index contributed by atoms with van der Waals surface area (Å²) in [5.41, 5.74) is 0.162. The van der Waals surface area contributed by atoms with Crippen molar-refractivity contribution < 1.29 is 29.0 Å². The third-order valence-electron chi connectivity index (χ3n) is 4.85. The van der Waals surface area contributed by atoms with E-state index >= 15 is 0 Å². The van der Waals surface area contributed by atoms with Crippen molar-refractivity contribution in [2.45, 2.75) is 70.4 Å². The van der Waals surface area contributed by atoms with Crippen molar-refractivity contribution in [1.82, 2.24) is 10.3 Å². The number of nitrogens with zero attached hydrogens (tertiary/aromatic N) is 2. The maximum atomic E-state index is 12.1. The van der Waals surface area contributed by atoms with Crippen LogP contribution in [0.15, 0.2) is 24.0 Å². The molecule has 1 unspecified atom stereocenters. The van der Waals surface area contributed by atoms with Gasteiger partial charge in [0.2, 0.25) is 0 Å². The third-order valence-corrected chi connectivity index (χ3v) is 6.55. The van der Waals surface area contributed by atoms with Gasteiger partial charge in [0.15, 0.2) is 0 Å². The molecule has 0 aromatic carbocycles. The zero-order valence-corrected chi connectivity index (χ0v) is 20.6. The van der Waals surface area contributed by atoms with E-state index in [-0.39, 0.29) is 18.8 Å². The molecule has 0 spiro atoms. The molecule has 9 nitrogen and oxygen atoms in total. The number of alkyl carbamates (subject to hydrolysis) is 1. The molecule has 176 valence electrons. The summed E-state index contributed by atoms with van der Waals surface area (Å²) in [6.45, 7) is 12.5. The summed E-state index contributed by atoms with van der Waals surface area (Å²) in [6, 6.07) is 3.22. The van der Waals surface area contributed by atoms with E-state index in [1.807, 2.05) is 5.94 Å². The topological polar surface area (TPSA) is 118 Å². The lowest BCUT2D eigenvalue weighted by Crippen LogP contribution is -2.44. The van der Waals surface area contributed by atoms with E-state index in [1.165, 1.54) is 0 Å². The number of rotatable bonds is 9. The molecular weight excluding hydrogens is 430 g/mol. The molecule has 2 rings (SSSR count). The first kappa shape index (κ1) is 25.6. The molecule has 10 heteroatoms. The molecule has 0 radical (unpaired) electrons. The Morgan fingerprint density at radius 3 is 2.59 bits per heavy atom. The van der Waals surface area contributed by atoms with Crippen molar-refractivity contribution in [3.63, 3.8) is 0 Å². The predicted octanol–water partition coefficient (Wildman–Crippen LogP) is 3.38. The Hall–Kier alpha value is -2.68. The molecule has 1 aromatic rings. The van der Waals surface area contributed by atoms with Gasteiger partial charge in [0.25, 0.3) is 0 Å². The molecule has 2 atom stereocenters. The van der Waals surface area contributed by atoms with Gasteiger partial charge in [0, 0.05) is 32.4 Å². The summed E-state index contributed by atoms with van der Waals surface area (Å²) >= 11 is 0. The Balaban J connectivity index is 2.20. The highest BCUT2D eigenvalue weighted by molar-refractivity contribution is 6.76. The fourth-order valence-corrected chi connectivity index (χ4v) is 4.05. The van der Waals surface area contributed by atoms with Gasteiger partial charge in [-0.05, 0) is 39.3 Å². The van der Waals surface area contributed by atoms with Crippen LogP contribution in [0.5, 0.6) is 0 Å². The highest BCUT2D eigenvalue weighted by Gasteiger charge is 2.39. The molecule has 0 saturated heterocycles. The molecule has 1 aliphatic rings. The lowest BCUT2D eigenvalue weighted by atomic mass is 9.92. The van der Waals surface area contributed by atoms with Gasteiger partial charge in [-0.3, -0.25) is 4.90 Å². The van der Waals surface area contributed by atoms with Crippen molar-refractivity contribution in [2.24, 2.45) is 0 Å². The number of hydrogen-bond donors (Lipinski definition) is 2. The quantitative estimate of drug-likeness (QED) is 0.325. The molecule has 0 bridgehead atoms. The summed E-state index contributed by atoms with van der Waals surface area (Å²) in [4.78, 5) is 41.9. The number of hydrogen-bond acceptors (Lipinski definition) is 7. The summed E-state index contributed by atoms with van der Waals surface area (Å²) in [7, 11) is -1.27. The minimum Gasteiger partial charge on any atom is -0.480 e.